The fourth-order valence-corrected chi connectivity index (χ4v) is 4.15. The van der Waals surface area contributed by atoms with Gasteiger partial charge in [-0.05, 0) is 24.1 Å². The topological polar surface area (TPSA) is 59.8 Å². The highest BCUT2D eigenvalue weighted by molar-refractivity contribution is 7.25. The van der Waals surface area contributed by atoms with Gasteiger partial charge >= 0.3 is 0 Å². The van der Waals surface area contributed by atoms with Gasteiger partial charge in [-0.25, -0.2) is 9.97 Å². The van der Waals surface area contributed by atoms with E-state index in [1.54, 1.807) is 23.2 Å². The fourth-order valence-electron chi connectivity index (χ4n) is 3.11. The minimum absolute atomic E-state index is 0.0792. The Morgan fingerprint density at radius 2 is 2.04 bits per heavy atom. The van der Waals surface area contributed by atoms with E-state index < -0.39 is 0 Å². The maximum atomic E-state index is 13.1. The summed E-state index contributed by atoms with van der Waals surface area (Å²) in [5, 5.41) is 4.06. The van der Waals surface area contributed by atoms with E-state index in [1.165, 1.54) is 16.9 Å². The van der Waals surface area contributed by atoms with E-state index in [-0.39, 0.29) is 5.56 Å². The lowest BCUT2D eigenvalue weighted by Crippen LogP contribution is -2.17. The highest BCUT2D eigenvalue weighted by Gasteiger charge is 2.17. The molecule has 1 N–H and O–H groups in total. The zero-order chi connectivity index (χ0) is 18.3. The Labute approximate surface area is 154 Å². The van der Waals surface area contributed by atoms with Crippen LogP contribution in [-0.4, -0.2) is 21.6 Å². The Hall–Kier alpha value is -2.99. The summed E-state index contributed by atoms with van der Waals surface area (Å²) in [5.41, 5.74) is 4.43. The molecule has 0 saturated carbocycles. The molecule has 0 fully saturated rings. The van der Waals surface area contributed by atoms with Gasteiger partial charge in [-0.1, -0.05) is 31.7 Å². The van der Waals surface area contributed by atoms with Crippen LogP contribution in [0.25, 0.3) is 32.2 Å². The summed E-state index contributed by atoms with van der Waals surface area (Å²) in [5.74, 6) is 0. The normalized spacial score (nSPS) is 11.2. The lowest BCUT2D eigenvalue weighted by atomic mass is 10.1. The number of benzene rings is 1. The molecule has 26 heavy (non-hydrogen) atoms. The third-order valence-electron chi connectivity index (χ3n) is 4.53. The van der Waals surface area contributed by atoms with Gasteiger partial charge in [-0.2, -0.15) is 0 Å². The Morgan fingerprint density at radius 3 is 2.69 bits per heavy atom. The van der Waals surface area contributed by atoms with Gasteiger partial charge in [-0.15, -0.1) is 11.3 Å². The molecule has 0 bridgehead atoms. The number of rotatable bonds is 4. The average Bonchev–Trinajstić information content (AvgIpc) is 3.07. The summed E-state index contributed by atoms with van der Waals surface area (Å²) in [7, 11) is 1.85. The molecular formula is C20H18N4OS. The number of fused-ring (bicyclic) bond motifs is 3. The number of hydrogen-bond donors (Lipinski definition) is 1. The molecule has 3 aromatic heterocycles. The van der Waals surface area contributed by atoms with Crippen LogP contribution in [0.2, 0.25) is 0 Å². The highest BCUT2D eigenvalue weighted by Crippen LogP contribution is 2.36. The van der Waals surface area contributed by atoms with Crippen LogP contribution in [0.4, 0.5) is 5.69 Å². The number of anilines is 1. The third kappa shape index (κ3) is 2.42. The van der Waals surface area contributed by atoms with Crippen molar-refractivity contribution in [3.8, 4) is 5.69 Å². The predicted octanol–water partition coefficient (Wildman–Crippen LogP) is 4.24. The molecule has 130 valence electrons. The van der Waals surface area contributed by atoms with Gasteiger partial charge in [0.2, 0.25) is 0 Å². The van der Waals surface area contributed by atoms with Crippen LogP contribution in [0.15, 0.2) is 48.2 Å². The van der Waals surface area contributed by atoms with Crippen molar-refractivity contribution in [1.82, 2.24) is 14.5 Å². The van der Waals surface area contributed by atoms with E-state index in [1.807, 2.05) is 31.3 Å². The second-order valence-electron chi connectivity index (χ2n) is 5.94. The van der Waals surface area contributed by atoms with Gasteiger partial charge in [0.15, 0.2) is 0 Å². The van der Waals surface area contributed by atoms with Crippen LogP contribution < -0.4 is 10.9 Å². The molecule has 3 heterocycles. The van der Waals surface area contributed by atoms with Crippen LogP contribution >= 0.6 is 11.3 Å². The predicted molar refractivity (Wildman–Crippen MR) is 110 cm³/mol. The van der Waals surface area contributed by atoms with Gasteiger partial charge in [0.1, 0.15) is 21.4 Å². The summed E-state index contributed by atoms with van der Waals surface area (Å²) < 4.78 is 2.19. The number of nitrogens with zero attached hydrogens (tertiary/aromatic N) is 3. The van der Waals surface area contributed by atoms with Crippen LogP contribution in [-0.2, 0) is 6.42 Å². The molecule has 0 aliphatic heterocycles. The van der Waals surface area contributed by atoms with E-state index >= 15 is 0 Å². The number of thiophene rings is 1. The van der Waals surface area contributed by atoms with E-state index in [0.29, 0.717) is 10.2 Å². The number of aromatic nitrogens is 3. The SMILES string of the molecule is C=Cc1cnc2sc3c(=O)n(-c4ccc(CC)cc4)cnc3c2c1NC. The first kappa shape index (κ1) is 16.5. The summed E-state index contributed by atoms with van der Waals surface area (Å²) in [6.45, 7) is 5.94. The first-order valence-corrected chi connectivity index (χ1v) is 9.22. The summed E-state index contributed by atoms with van der Waals surface area (Å²) in [6, 6.07) is 7.98. The molecule has 4 aromatic rings. The van der Waals surface area contributed by atoms with Crippen molar-refractivity contribution in [2.45, 2.75) is 13.3 Å². The van der Waals surface area contributed by atoms with E-state index in [0.717, 1.165) is 33.6 Å². The molecule has 0 atom stereocenters. The third-order valence-corrected chi connectivity index (χ3v) is 5.61. The monoisotopic (exact) mass is 362 g/mol. The second-order valence-corrected chi connectivity index (χ2v) is 6.94. The molecule has 0 saturated heterocycles. The first-order chi connectivity index (χ1) is 12.7. The van der Waals surface area contributed by atoms with Crippen molar-refractivity contribution in [2.75, 3.05) is 12.4 Å². The number of pyridine rings is 1. The standard InChI is InChI=1S/C20H18N4OS/c1-4-12-6-8-14(9-7-12)24-11-23-17-15-16(21-3)13(5-2)10-22-19(15)26-18(17)20(24)25/h5-11H,2,4H2,1,3H3,(H,21,22). The molecule has 0 radical (unpaired) electrons. The Kier molecular flexibility index (Phi) is 4.05. The Balaban J connectivity index is 2.00. The largest absolute Gasteiger partial charge is 0.387 e. The number of nitrogens with one attached hydrogen (secondary N) is 1. The molecule has 0 aliphatic rings. The highest BCUT2D eigenvalue weighted by atomic mass is 32.1. The maximum absolute atomic E-state index is 13.1. The van der Waals surface area contributed by atoms with Gasteiger partial charge in [0.05, 0.1) is 16.8 Å². The Morgan fingerprint density at radius 1 is 1.27 bits per heavy atom. The zero-order valence-electron chi connectivity index (χ0n) is 14.6. The second kappa shape index (κ2) is 6.38. The van der Waals surface area contributed by atoms with Gasteiger partial charge in [0, 0.05) is 18.8 Å². The first-order valence-electron chi connectivity index (χ1n) is 8.40. The molecule has 5 nitrogen and oxygen atoms in total. The van der Waals surface area contributed by atoms with Crippen molar-refractivity contribution in [3.05, 3.63) is 64.8 Å². The molecule has 0 aliphatic carbocycles. The molecule has 4 rings (SSSR count). The van der Waals surface area contributed by atoms with E-state index in [9.17, 15) is 4.79 Å². The van der Waals surface area contributed by atoms with Crippen LogP contribution in [0.1, 0.15) is 18.1 Å². The minimum atomic E-state index is -0.0792. The van der Waals surface area contributed by atoms with Crippen molar-refractivity contribution in [1.29, 1.82) is 0 Å². The van der Waals surface area contributed by atoms with Crippen LogP contribution in [0.5, 0.6) is 0 Å². The van der Waals surface area contributed by atoms with Gasteiger partial charge in [0.25, 0.3) is 5.56 Å². The summed E-state index contributed by atoms with van der Waals surface area (Å²) >= 11 is 1.37. The molecule has 6 heteroatoms. The van der Waals surface area contributed by atoms with E-state index in [4.69, 9.17) is 0 Å². The maximum Gasteiger partial charge on any atom is 0.275 e. The summed E-state index contributed by atoms with van der Waals surface area (Å²) in [6.07, 6.45) is 6.07. The summed E-state index contributed by atoms with van der Waals surface area (Å²) in [4.78, 5) is 22.9. The van der Waals surface area contributed by atoms with Gasteiger partial charge in [-0.3, -0.25) is 9.36 Å². The number of hydrogen-bond acceptors (Lipinski definition) is 5. The van der Waals surface area contributed by atoms with Crippen LogP contribution in [0.3, 0.4) is 0 Å². The molecule has 0 spiro atoms. The van der Waals surface area contributed by atoms with E-state index in [2.05, 4.69) is 28.8 Å². The van der Waals surface area contributed by atoms with Crippen molar-refractivity contribution >= 4 is 43.5 Å². The molecular weight excluding hydrogens is 344 g/mol. The fraction of sp³-hybridized carbons (Fsp3) is 0.150. The molecule has 1 aromatic carbocycles. The van der Waals surface area contributed by atoms with Gasteiger partial charge < -0.3 is 5.32 Å². The van der Waals surface area contributed by atoms with Crippen LogP contribution in [0, 0.1) is 0 Å². The quantitative estimate of drug-likeness (QED) is 0.590. The molecule has 0 amide bonds. The average molecular weight is 362 g/mol. The van der Waals surface area contributed by atoms with Crippen molar-refractivity contribution in [3.63, 3.8) is 0 Å². The Bertz CT molecular complexity index is 1190. The lowest BCUT2D eigenvalue weighted by Gasteiger charge is -2.08. The smallest absolute Gasteiger partial charge is 0.275 e. The minimum Gasteiger partial charge on any atom is -0.387 e. The molecule has 0 unspecified atom stereocenters. The van der Waals surface area contributed by atoms with Crippen molar-refractivity contribution < 1.29 is 0 Å². The van der Waals surface area contributed by atoms with Crippen molar-refractivity contribution in [2.24, 2.45) is 0 Å². The number of aryl methyl sites for hydroxylation is 1. The zero-order valence-corrected chi connectivity index (χ0v) is 15.4. The lowest BCUT2D eigenvalue weighted by molar-refractivity contribution is 0.964.